The van der Waals surface area contributed by atoms with Crippen LogP contribution in [0.15, 0.2) is 122 Å². The minimum atomic E-state index is 0.793. The van der Waals surface area contributed by atoms with Gasteiger partial charge < -0.3 is 23.1 Å². The van der Waals surface area contributed by atoms with E-state index in [2.05, 4.69) is 121 Å². The van der Waals surface area contributed by atoms with E-state index in [9.17, 15) is 0 Å². The first-order valence-corrected chi connectivity index (χ1v) is 20.2. The van der Waals surface area contributed by atoms with Crippen LogP contribution in [-0.2, 0) is 0 Å². The molecule has 0 N–H and O–H groups in total. The van der Waals surface area contributed by atoms with Crippen molar-refractivity contribution < 1.29 is 13.3 Å². The number of hydrogen-bond acceptors (Lipinski definition) is 5. The predicted octanol–water partition coefficient (Wildman–Crippen LogP) is 13.8. The molecule has 3 aromatic heterocycles. The van der Waals surface area contributed by atoms with Gasteiger partial charge in [0.05, 0.1) is 0 Å². The van der Waals surface area contributed by atoms with E-state index in [1.54, 1.807) is 0 Å². The molecule has 0 radical (unpaired) electrons. The fraction of sp³-hybridized carbons (Fsp3) is 0.240. The number of benzene rings is 7. The largest absolute Gasteiger partial charge is 0.456 e. The average molecular weight is 719 g/mol. The van der Waals surface area contributed by atoms with Crippen LogP contribution in [0.2, 0.25) is 0 Å². The molecule has 2 aliphatic heterocycles. The molecule has 5 heterocycles. The van der Waals surface area contributed by atoms with Gasteiger partial charge in [-0.3, -0.25) is 0 Å². The fourth-order valence-electron chi connectivity index (χ4n) is 9.75. The molecule has 55 heavy (non-hydrogen) atoms. The van der Waals surface area contributed by atoms with Gasteiger partial charge in [0.1, 0.15) is 33.5 Å². The Kier molecular flexibility index (Phi) is 6.73. The molecule has 0 unspecified atom stereocenters. The highest BCUT2D eigenvalue weighted by Crippen LogP contribution is 2.48. The number of furan rings is 3. The normalized spacial score (nSPS) is 16.5. The van der Waals surface area contributed by atoms with Crippen LogP contribution in [0.5, 0.6) is 0 Å². The van der Waals surface area contributed by atoms with Crippen molar-refractivity contribution in [2.24, 2.45) is 11.8 Å². The zero-order valence-corrected chi connectivity index (χ0v) is 31.3. The van der Waals surface area contributed by atoms with E-state index in [0.717, 1.165) is 115 Å². The average Bonchev–Trinajstić information content (AvgIpc) is 3.89. The second-order valence-electron chi connectivity index (χ2n) is 16.6. The van der Waals surface area contributed by atoms with E-state index >= 15 is 0 Å². The summed E-state index contributed by atoms with van der Waals surface area (Å²) < 4.78 is 20.6. The first-order valence-electron chi connectivity index (χ1n) is 20.2. The van der Waals surface area contributed by atoms with Crippen molar-refractivity contribution in [3.05, 3.63) is 109 Å². The molecule has 2 fully saturated rings. The Hall–Kier alpha value is -5.94. The lowest BCUT2D eigenvalue weighted by molar-refractivity contribution is 0.438. The summed E-state index contributed by atoms with van der Waals surface area (Å²) in [5.74, 6) is 1.59. The summed E-state index contributed by atoms with van der Waals surface area (Å²) in [7, 11) is 0. The standard InChI is InChI=1S/C50H42N2O3/c1-29-14-18-51(19-15-29)35-12-10-31-24-41-44(26-33(31)22-35)53-46-28-40(39-8-5-7-38-37-6-3-4-9-43(37)54-49(38)39)50-48(47(41)46)42-25-32-11-13-36(23-34(32)27-45(42)55-50)52-20-16-30(2)17-21-52/h3-13,22-30H,14-21H2,1-2H3. The molecule has 12 rings (SSSR count). The number of piperidine rings is 2. The lowest BCUT2D eigenvalue weighted by atomic mass is 9.95. The Morgan fingerprint density at radius 2 is 1.00 bits per heavy atom. The first kappa shape index (κ1) is 31.4. The number of rotatable bonds is 3. The Balaban J connectivity index is 1.11. The van der Waals surface area contributed by atoms with Gasteiger partial charge in [-0.25, -0.2) is 0 Å². The van der Waals surface area contributed by atoms with Crippen molar-refractivity contribution in [3.63, 3.8) is 0 Å². The first-order chi connectivity index (χ1) is 27.0. The van der Waals surface area contributed by atoms with Crippen molar-refractivity contribution in [2.45, 2.75) is 39.5 Å². The molecule has 0 bridgehead atoms. The van der Waals surface area contributed by atoms with E-state index in [1.165, 1.54) is 58.6 Å². The molecule has 0 spiro atoms. The lowest BCUT2D eigenvalue weighted by Gasteiger charge is -2.32. The zero-order chi connectivity index (χ0) is 36.4. The van der Waals surface area contributed by atoms with Crippen LogP contribution >= 0.6 is 0 Å². The molecule has 0 saturated carbocycles. The van der Waals surface area contributed by atoms with E-state index in [0.29, 0.717) is 0 Å². The maximum atomic E-state index is 7.07. The van der Waals surface area contributed by atoms with Gasteiger partial charge in [0.25, 0.3) is 0 Å². The Bertz CT molecular complexity index is 3160. The Morgan fingerprint density at radius 1 is 0.418 bits per heavy atom. The van der Waals surface area contributed by atoms with Crippen LogP contribution in [0.1, 0.15) is 39.5 Å². The summed E-state index contributed by atoms with van der Waals surface area (Å²) in [5.41, 5.74) is 9.78. The zero-order valence-electron chi connectivity index (χ0n) is 31.3. The summed E-state index contributed by atoms with van der Waals surface area (Å²) in [6.07, 6.45) is 4.97. The van der Waals surface area contributed by atoms with Crippen LogP contribution in [0.3, 0.4) is 0 Å². The van der Waals surface area contributed by atoms with Gasteiger partial charge in [0, 0.05) is 81.0 Å². The predicted molar refractivity (Wildman–Crippen MR) is 230 cm³/mol. The number of para-hydroxylation sites is 2. The molecular weight excluding hydrogens is 677 g/mol. The molecule has 5 heteroatoms. The van der Waals surface area contributed by atoms with Crippen molar-refractivity contribution in [1.29, 1.82) is 0 Å². The minimum Gasteiger partial charge on any atom is -0.456 e. The smallest absolute Gasteiger partial charge is 0.144 e. The summed E-state index contributed by atoms with van der Waals surface area (Å²) in [6.45, 7) is 9.17. The van der Waals surface area contributed by atoms with Crippen LogP contribution in [0.25, 0.3) is 98.5 Å². The van der Waals surface area contributed by atoms with E-state index in [-0.39, 0.29) is 0 Å². The second-order valence-corrected chi connectivity index (χ2v) is 16.6. The summed E-state index contributed by atoms with van der Waals surface area (Å²) >= 11 is 0. The van der Waals surface area contributed by atoms with Crippen molar-refractivity contribution in [3.8, 4) is 11.1 Å². The molecule has 0 atom stereocenters. The number of hydrogen-bond donors (Lipinski definition) is 0. The van der Waals surface area contributed by atoms with E-state index < -0.39 is 0 Å². The molecule has 0 aliphatic carbocycles. The minimum absolute atomic E-state index is 0.793. The van der Waals surface area contributed by atoms with Crippen LogP contribution in [0.4, 0.5) is 11.4 Å². The van der Waals surface area contributed by atoms with Gasteiger partial charge in [-0.2, -0.15) is 0 Å². The van der Waals surface area contributed by atoms with E-state index in [1.807, 2.05) is 12.1 Å². The van der Waals surface area contributed by atoms with Gasteiger partial charge in [-0.1, -0.05) is 62.4 Å². The maximum absolute atomic E-state index is 7.07. The summed E-state index contributed by atoms with van der Waals surface area (Å²) in [4.78, 5) is 5.07. The van der Waals surface area contributed by atoms with Gasteiger partial charge in [0.2, 0.25) is 0 Å². The third kappa shape index (κ3) is 4.85. The molecule has 10 aromatic rings. The molecule has 2 saturated heterocycles. The van der Waals surface area contributed by atoms with Gasteiger partial charge >= 0.3 is 0 Å². The molecule has 2 aliphatic rings. The quantitative estimate of drug-likeness (QED) is 0.182. The highest BCUT2D eigenvalue weighted by molar-refractivity contribution is 6.30. The Labute approximate surface area is 318 Å². The summed E-state index contributed by atoms with van der Waals surface area (Å²) in [5, 5.41) is 11.4. The number of nitrogens with zero attached hydrogens (tertiary/aromatic N) is 2. The molecule has 7 aromatic carbocycles. The number of anilines is 2. The highest BCUT2D eigenvalue weighted by atomic mass is 16.3. The van der Waals surface area contributed by atoms with Gasteiger partial charge in [-0.05, 0) is 120 Å². The monoisotopic (exact) mass is 718 g/mol. The number of fused-ring (bicyclic) bond motifs is 12. The second kappa shape index (κ2) is 11.8. The van der Waals surface area contributed by atoms with Gasteiger partial charge in [-0.15, -0.1) is 0 Å². The van der Waals surface area contributed by atoms with Crippen molar-refractivity contribution >= 4 is 98.7 Å². The molecular formula is C50H42N2O3. The molecule has 0 amide bonds. The Morgan fingerprint density at radius 3 is 1.67 bits per heavy atom. The van der Waals surface area contributed by atoms with Crippen LogP contribution in [-0.4, -0.2) is 26.2 Å². The third-order valence-electron chi connectivity index (χ3n) is 13.1. The van der Waals surface area contributed by atoms with Crippen LogP contribution in [0, 0.1) is 11.8 Å². The third-order valence-corrected chi connectivity index (χ3v) is 13.1. The topological polar surface area (TPSA) is 45.9 Å². The van der Waals surface area contributed by atoms with E-state index in [4.69, 9.17) is 13.3 Å². The van der Waals surface area contributed by atoms with Gasteiger partial charge in [0.15, 0.2) is 0 Å². The van der Waals surface area contributed by atoms with Crippen molar-refractivity contribution in [2.75, 3.05) is 36.0 Å². The fourth-order valence-corrected chi connectivity index (χ4v) is 9.75. The SMILES string of the molecule is CC1CCN(c2ccc3cc4c(cc3c2)oc2cc(-c3cccc5c3oc3ccccc35)c3oc5cc6cc(N7CCC(C)CC7)ccc6cc5c3c24)CC1. The lowest BCUT2D eigenvalue weighted by Crippen LogP contribution is -2.32. The summed E-state index contributed by atoms with van der Waals surface area (Å²) in [6, 6.07) is 39.9. The van der Waals surface area contributed by atoms with Crippen molar-refractivity contribution in [1.82, 2.24) is 0 Å². The highest BCUT2D eigenvalue weighted by Gasteiger charge is 2.25. The maximum Gasteiger partial charge on any atom is 0.144 e. The van der Waals surface area contributed by atoms with Crippen LogP contribution < -0.4 is 9.80 Å². The molecule has 5 nitrogen and oxygen atoms in total. The molecule has 270 valence electrons.